The highest BCUT2D eigenvalue weighted by molar-refractivity contribution is 7.13. The number of ether oxygens (including phenoxy) is 2. The highest BCUT2D eigenvalue weighted by Crippen LogP contribution is 2.11. The van der Waals surface area contributed by atoms with Gasteiger partial charge in [0.1, 0.15) is 0 Å². The van der Waals surface area contributed by atoms with Crippen molar-refractivity contribution in [3.05, 3.63) is 11.1 Å². The lowest BCUT2D eigenvalue weighted by atomic mass is 10.3. The van der Waals surface area contributed by atoms with E-state index in [0.717, 1.165) is 0 Å². The van der Waals surface area contributed by atoms with Gasteiger partial charge < -0.3 is 20.5 Å². The predicted molar refractivity (Wildman–Crippen MR) is 63.8 cm³/mol. The van der Waals surface area contributed by atoms with E-state index in [2.05, 4.69) is 10.3 Å². The molecule has 7 heteroatoms. The Hall–Kier alpha value is -1.18. The molecule has 1 aliphatic heterocycles. The number of nitrogens with one attached hydrogen (secondary N) is 1. The molecule has 1 saturated heterocycles. The van der Waals surface area contributed by atoms with Crippen molar-refractivity contribution in [3.8, 4) is 0 Å². The van der Waals surface area contributed by atoms with Crippen molar-refractivity contribution in [3.63, 3.8) is 0 Å². The molecule has 0 bridgehead atoms. The summed E-state index contributed by atoms with van der Waals surface area (Å²) >= 11 is 1.33. The lowest BCUT2D eigenvalue weighted by Crippen LogP contribution is -2.40. The monoisotopic (exact) mass is 257 g/mol. The number of anilines is 1. The van der Waals surface area contributed by atoms with Crippen LogP contribution in [-0.2, 0) is 20.7 Å². The van der Waals surface area contributed by atoms with Gasteiger partial charge in [-0.2, -0.15) is 0 Å². The summed E-state index contributed by atoms with van der Waals surface area (Å²) in [6.45, 7) is 2.22. The number of nitrogens with two attached hydrogens (primary N) is 1. The fraction of sp³-hybridized carbons (Fsp3) is 0.600. The molecule has 3 N–H and O–H groups in total. The van der Waals surface area contributed by atoms with Gasteiger partial charge in [0.15, 0.2) is 5.13 Å². The third-order valence-corrected chi connectivity index (χ3v) is 3.05. The second-order valence-electron chi connectivity index (χ2n) is 3.73. The standard InChI is InChI=1S/C10H15N3O3S/c11-10-13-7(6-17-10)3-9(14)12-4-8-5-15-1-2-16-8/h6,8H,1-5H2,(H2,11,13)(H,12,14). The van der Waals surface area contributed by atoms with Gasteiger partial charge in [0, 0.05) is 11.9 Å². The van der Waals surface area contributed by atoms with Gasteiger partial charge in [-0.25, -0.2) is 4.98 Å². The van der Waals surface area contributed by atoms with Gasteiger partial charge in [-0.1, -0.05) is 0 Å². The number of nitrogen functional groups attached to an aromatic ring is 1. The Morgan fingerprint density at radius 1 is 1.65 bits per heavy atom. The van der Waals surface area contributed by atoms with Crippen LogP contribution in [0.3, 0.4) is 0 Å². The average molecular weight is 257 g/mol. The molecular formula is C10H15N3O3S. The minimum atomic E-state index is -0.0792. The zero-order valence-electron chi connectivity index (χ0n) is 9.35. The van der Waals surface area contributed by atoms with Crippen LogP contribution in [0.4, 0.5) is 5.13 Å². The van der Waals surface area contributed by atoms with Gasteiger partial charge in [0.05, 0.1) is 38.0 Å². The number of rotatable bonds is 4. The Labute approximate surface area is 103 Å². The molecule has 1 aromatic rings. The van der Waals surface area contributed by atoms with E-state index in [1.54, 1.807) is 5.38 Å². The summed E-state index contributed by atoms with van der Waals surface area (Å²) in [7, 11) is 0. The molecule has 1 aliphatic rings. The summed E-state index contributed by atoms with van der Waals surface area (Å²) in [5, 5.41) is 5.06. The van der Waals surface area contributed by atoms with Crippen LogP contribution < -0.4 is 11.1 Å². The lowest BCUT2D eigenvalue weighted by molar-refractivity contribution is -0.123. The van der Waals surface area contributed by atoms with E-state index < -0.39 is 0 Å². The van der Waals surface area contributed by atoms with E-state index >= 15 is 0 Å². The maximum atomic E-state index is 11.6. The Bertz CT molecular complexity index is 377. The highest BCUT2D eigenvalue weighted by atomic mass is 32.1. The van der Waals surface area contributed by atoms with Crippen LogP contribution in [0.5, 0.6) is 0 Å². The maximum absolute atomic E-state index is 11.6. The minimum absolute atomic E-state index is 0.0480. The van der Waals surface area contributed by atoms with Crippen LogP contribution in [0.2, 0.25) is 0 Å². The number of aromatic nitrogens is 1. The summed E-state index contributed by atoms with van der Waals surface area (Å²) in [6.07, 6.45) is 0.203. The molecule has 94 valence electrons. The number of hydrogen-bond acceptors (Lipinski definition) is 6. The first-order valence-corrected chi connectivity index (χ1v) is 6.28. The van der Waals surface area contributed by atoms with E-state index in [1.807, 2.05) is 0 Å². The van der Waals surface area contributed by atoms with Gasteiger partial charge >= 0.3 is 0 Å². The number of thiazole rings is 1. The third kappa shape index (κ3) is 3.95. The van der Waals surface area contributed by atoms with Crippen LogP contribution in [0.15, 0.2) is 5.38 Å². The quantitative estimate of drug-likeness (QED) is 0.780. The summed E-state index contributed by atoms with van der Waals surface area (Å²) in [6, 6.07) is 0. The van der Waals surface area contributed by atoms with Crippen molar-refractivity contribution in [1.82, 2.24) is 10.3 Å². The SMILES string of the molecule is Nc1nc(CC(=O)NCC2COCCO2)cs1. The topological polar surface area (TPSA) is 86.5 Å². The molecule has 1 atom stereocenters. The van der Waals surface area contributed by atoms with Gasteiger partial charge in [0.2, 0.25) is 5.91 Å². The molecule has 1 fully saturated rings. The van der Waals surface area contributed by atoms with Crippen molar-refractivity contribution in [2.24, 2.45) is 0 Å². The lowest BCUT2D eigenvalue weighted by Gasteiger charge is -2.22. The van der Waals surface area contributed by atoms with Crippen molar-refractivity contribution >= 4 is 22.4 Å². The van der Waals surface area contributed by atoms with Crippen LogP contribution in [-0.4, -0.2) is 43.4 Å². The van der Waals surface area contributed by atoms with Crippen molar-refractivity contribution in [2.45, 2.75) is 12.5 Å². The first kappa shape index (κ1) is 12.3. The summed E-state index contributed by atoms with van der Waals surface area (Å²) < 4.78 is 10.6. The van der Waals surface area contributed by atoms with Crippen LogP contribution in [0.1, 0.15) is 5.69 Å². The van der Waals surface area contributed by atoms with E-state index in [1.165, 1.54) is 11.3 Å². The molecule has 0 aliphatic carbocycles. The molecule has 2 heterocycles. The third-order valence-electron chi connectivity index (χ3n) is 2.32. The molecule has 0 saturated carbocycles. The van der Waals surface area contributed by atoms with Crippen LogP contribution >= 0.6 is 11.3 Å². The average Bonchev–Trinajstić information content (AvgIpc) is 2.73. The van der Waals surface area contributed by atoms with Gasteiger partial charge in [-0.3, -0.25) is 4.79 Å². The number of hydrogen-bond donors (Lipinski definition) is 2. The van der Waals surface area contributed by atoms with Crippen molar-refractivity contribution in [1.29, 1.82) is 0 Å². The van der Waals surface area contributed by atoms with Crippen LogP contribution in [0, 0.1) is 0 Å². The van der Waals surface area contributed by atoms with E-state index in [9.17, 15) is 4.79 Å². The number of nitrogens with zero attached hydrogens (tertiary/aromatic N) is 1. The Morgan fingerprint density at radius 3 is 3.18 bits per heavy atom. The second kappa shape index (κ2) is 5.95. The fourth-order valence-corrected chi connectivity index (χ4v) is 2.08. The van der Waals surface area contributed by atoms with Gasteiger partial charge in [-0.15, -0.1) is 11.3 Å². The summed E-state index contributed by atoms with van der Waals surface area (Å²) in [5.41, 5.74) is 6.18. The first-order chi connectivity index (χ1) is 8.24. The van der Waals surface area contributed by atoms with Crippen LogP contribution in [0.25, 0.3) is 0 Å². The second-order valence-corrected chi connectivity index (χ2v) is 4.62. The molecule has 0 radical (unpaired) electrons. The Kier molecular flexibility index (Phi) is 4.29. The van der Waals surface area contributed by atoms with Gasteiger partial charge in [-0.05, 0) is 0 Å². The first-order valence-electron chi connectivity index (χ1n) is 5.40. The summed E-state index contributed by atoms with van der Waals surface area (Å²) in [5.74, 6) is -0.0792. The number of carbonyl (C=O) groups is 1. The van der Waals surface area contributed by atoms with E-state index in [4.69, 9.17) is 15.2 Å². The molecule has 1 unspecified atom stereocenters. The van der Waals surface area contributed by atoms with Gasteiger partial charge in [0.25, 0.3) is 0 Å². The molecule has 0 spiro atoms. The maximum Gasteiger partial charge on any atom is 0.226 e. The molecule has 1 amide bonds. The zero-order valence-corrected chi connectivity index (χ0v) is 10.2. The Morgan fingerprint density at radius 2 is 2.53 bits per heavy atom. The molecule has 2 rings (SSSR count). The van der Waals surface area contributed by atoms with Crippen molar-refractivity contribution < 1.29 is 14.3 Å². The van der Waals surface area contributed by atoms with E-state index in [0.29, 0.717) is 37.2 Å². The predicted octanol–water partition coefficient (Wildman–Crippen LogP) is -0.201. The van der Waals surface area contributed by atoms with Crippen molar-refractivity contribution in [2.75, 3.05) is 32.1 Å². The molecular weight excluding hydrogens is 242 g/mol. The smallest absolute Gasteiger partial charge is 0.226 e. The number of amides is 1. The fourth-order valence-electron chi connectivity index (χ4n) is 1.51. The molecule has 6 nitrogen and oxygen atoms in total. The largest absolute Gasteiger partial charge is 0.376 e. The number of carbonyl (C=O) groups excluding carboxylic acids is 1. The summed E-state index contributed by atoms with van der Waals surface area (Å²) in [4.78, 5) is 15.6. The molecule has 1 aromatic heterocycles. The normalized spacial score (nSPS) is 20.1. The molecule has 17 heavy (non-hydrogen) atoms. The zero-order chi connectivity index (χ0) is 12.1. The minimum Gasteiger partial charge on any atom is -0.376 e. The highest BCUT2D eigenvalue weighted by Gasteiger charge is 2.15. The molecule has 0 aromatic carbocycles. The van der Waals surface area contributed by atoms with E-state index in [-0.39, 0.29) is 18.4 Å². The Balaban J connectivity index is 1.70.